The third-order valence-electron chi connectivity index (χ3n) is 1.18. The maximum atomic E-state index is 9.07. The van der Waals surface area contributed by atoms with Gasteiger partial charge in [0.2, 0.25) is 5.88 Å². The first-order valence-corrected chi connectivity index (χ1v) is 3.57. The van der Waals surface area contributed by atoms with Gasteiger partial charge in [0.05, 0.1) is 0 Å². The van der Waals surface area contributed by atoms with Crippen LogP contribution in [-0.4, -0.2) is 10.1 Å². The number of nitrogens with zero attached hydrogens (tertiary/aromatic N) is 1. The standard InChI is InChI=1S/C6H7BrN2O/c7-5-1-2-9-6(10)4(5)3-8/h1-2H,3,8H2,(H,9,10). The third-order valence-corrected chi connectivity index (χ3v) is 1.92. The van der Waals surface area contributed by atoms with Gasteiger partial charge in [0.1, 0.15) is 0 Å². The number of hydrogen-bond donors (Lipinski definition) is 2. The van der Waals surface area contributed by atoms with Crippen LogP contribution in [0.2, 0.25) is 0 Å². The van der Waals surface area contributed by atoms with Gasteiger partial charge in [-0.25, -0.2) is 4.98 Å². The van der Waals surface area contributed by atoms with Crippen molar-refractivity contribution < 1.29 is 5.11 Å². The molecule has 0 spiro atoms. The Morgan fingerprint density at radius 3 is 2.80 bits per heavy atom. The predicted molar refractivity (Wildman–Crippen MR) is 41.5 cm³/mol. The van der Waals surface area contributed by atoms with Gasteiger partial charge < -0.3 is 10.8 Å². The Morgan fingerprint density at radius 2 is 2.40 bits per heavy atom. The van der Waals surface area contributed by atoms with Gasteiger partial charge in [-0.2, -0.15) is 0 Å². The second kappa shape index (κ2) is 2.98. The lowest BCUT2D eigenvalue weighted by atomic mass is 10.3. The lowest BCUT2D eigenvalue weighted by Gasteiger charge is -2.00. The summed E-state index contributed by atoms with van der Waals surface area (Å²) < 4.78 is 0.794. The van der Waals surface area contributed by atoms with Gasteiger partial charge in [-0.15, -0.1) is 0 Å². The summed E-state index contributed by atoms with van der Waals surface area (Å²) in [5.74, 6) is -0.00289. The quantitative estimate of drug-likeness (QED) is 0.715. The minimum absolute atomic E-state index is 0.00289. The van der Waals surface area contributed by atoms with Gasteiger partial charge in [-0.3, -0.25) is 0 Å². The summed E-state index contributed by atoms with van der Waals surface area (Å²) in [7, 11) is 0. The lowest BCUT2D eigenvalue weighted by Crippen LogP contribution is -1.98. The third kappa shape index (κ3) is 1.27. The Bertz CT molecular complexity index is 219. The summed E-state index contributed by atoms with van der Waals surface area (Å²) in [5.41, 5.74) is 5.96. The Labute approximate surface area is 67.0 Å². The van der Waals surface area contributed by atoms with Crippen LogP contribution in [0, 0.1) is 0 Å². The molecule has 1 heterocycles. The van der Waals surface area contributed by atoms with Crippen LogP contribution in [0.1, 0.15) is 5.56 Å². The van der Waals surface area contributed by atoms with Crippen LogP contribution in [-0.2, 0) is 6.54 Å². The van der Waals surface area contributed by atoms with Crippen LogP contribution in [0.4, 0.5) is 0 Å². The van der Waals surface area contributed by atoms with E-state index < -0.39 is 0 Å². The van der Waals surface area contributed by atoms with Gasteiger partial charge in [0.25, 0.3) is 0 Å². The molecular formula is C6H7BrN2O. The van der Waals surface area contributed by atoms with E-state index in [-0.39, 0.29) is 5.88 Å². The van der Waals surface area contributed by atoms with Crippen molar-refractivity contribution in [3.05, 3.63) is 22.3 Å². The first-order chi connectivity index (χ1) is 4.75. The number of nitrogens with two attached hydrogens (primary N) is 1. The largest absolute Gasteiger partial charge is 0.493 e. The van der Waals surface area contributed by atoms with E-state index in [0.717, 1.165) is 4.47 Å². The molecule has 0 radical (unpaired) electrons. The molecule has 0 atom stereocenters. The molecule has 1 rings (SSSR count). The number of pyridine rings is 1. The molecule has 1 aromatic rings. The summed E-state index contributed by atoms with van der Waals surface area (Å²) in [6.07, 6.45) is 1.51. The Kier molecular flexibility index (Phi) is 2.24. The number of aromatic nitrogens is 1. The molecule has 0 aliphatic heterocycles. The molecule has 0 amide bonds. The van der Waals surface area contributed by atoms with Crippen LogP contribution in [0.25, 0.3) is 0 Å². The van der Waals surface area contributed by atoms with E-state index in [1.807, 2.05) is 0 Å². The maximum absolute atomic E-state index is 9.07. The molecule has 0 bridgehead atoms. The first kappa shape index (κ1) is 7.50. The molecule has 0 saturated carbocycles. The van der Waals surface area contributed by atoms with Crippen LogP contribution in [0.5, 0.6) is 5.88 Å². The average Bonchev–Trinajstić information content (AvgIpc) is 1.88. The molecule has 0 aliphatic rings. The van der Waals surface area contributed by atoms with Crippen molar-refractivity contribution in [1.29, 1.82) is 0 Å². The van der Waals surface area contributed by atoms with E-state index in [9.17, 15) is 0 Å². The molecule has 0 aromatic carbocycles. The fourth-order valence-corrected chi connectivity index (χ4v) is 1.10. The van der Waals surface area contributed by atoms with E-state index in [4.69, 9.17) is 10.8 Å². The highest BCUT2D eigenvalue weighted by molar-refractivity contribution is 9.10. The normalized spacial score (nSPS) is 9.80. The van der Waals surface area contributed by atoms with E-state index >= 15 is 0 Å². The Hall–Kier alpha value is -0.610. The fourth-order valence-electron chi connectivity index (χ4n) is 0.647. The van der Waals surface area contributed by atoms with Crippen LogP contribution in [0.3, 0.4) is 0 Å². The summed E-state index contributed by atoms with van der Waals surface area (Å²) in [4.78, 5) is 3.66. The van der Waals surface area contributed by atoms with Crippen molar-refractivity contribution in [3.8, 4) is 5.88 Å². The van der Waals surface area contributed by atoms with E-state index in [2.05, 4.69) is 20.9 Å². The van der Waals surface area contributed by atoms with Gasteiger partial charge in [-0.05, 0) is 6.07 Å². The van der Waals surface area contributed by atoms with Crippen LogP contribution >= 0.6 is 15.9 Å². The molecule has 3 nitrogen and oxygen atoms in total. The van der Waals surface area contributed by atoms with Crippen molar-refractivity contribution >= 4 is 15.9 Å². The van der Waals surface area contributed by atoms with Crippen molar-refractivity contribution in [1.82, 2.24) is 4.98 Å². The van der Waals surface area contributed by atoms with Gasteiger partial charge in [0, 0.05) is 22.8 Å². The zero-order chi connectivity index (χ0) is 7.56. The Morgan fingerprint density at radius 1 is 1.70 bits per heavy atom. The van der Waals surface area contributed by atoms with Crippen molar-refractivity contribution in [2.24, 2.45) is 5.73 Å². The first-order valence-electron chi connectivity index (χ1n) is 2.78. The monoisotopic (exact) mass is 202 g/mol. The molecule has 0 aliphatic carbocycles. The van der Waals surface area contributed by atoms with Crippen molar-refractivity contribution in [3.63, 3.8) is 0 Å². The highest BCUT2D eigenvalue weighted by Crippen LogP contribution is 2.21. The van der Waals surface area contributed by atoms with E-state index in [1.165, 1.54) is 6.20 Å². The molecule has 4 heteroatoms. The van der Waals surface area contributed by atoms with Crippen LogP contribution in [0.15, 0.2) is 16.7 Å². The topological polar surface area (TPSA) is 59.1 Å². The number of hydrogen-bond acceptors (Lipinski definition) is 3. The minimum atomic E-state index is -0.00289. The number of aromatic hydroxyl groups is 1. The predicted octanol–water partition coefficient (Wildman–Crippen LogP) is 1.01. The average molecular weight is 203 g/mol. The summed E-state index contributed by atoms with van der Waals surface area (Å²) >= 11 is 3.23. The van der Waals surface area contributed by atoms with Gasteiger partial charge >= 0.3 is 0 Å². The molecule has 0 fully saturated rings. The zero-order valence-corrected chi connectivity index (χ0v) is 6.80. The number of rotatable bonds is 1. The van der Waals surface area contributed by atoms with Crippen molar-refractivity contribution in [2.45, 2.75) is 6.54 Å². The second-order valence-corrected chi connectivity index (χ2v) is 2.65. The highest BCUT2D eigenvalue weighted by atomic mass is 79.9. The van der Waals surface area contributed by atoms with E-state index in [0.29, 0.717) is 12.1 Å². The smallest absolute Gasteiger partial charge is 0.216 e. The summed E-state index contributed by atoms with van der Waals surface area (Å²) in [6.45, 7) is 0.292. The number of halogens is 1. The molecule has 0 saturated heterocycles. The van der Waals surface area contributed by atoms with Gasteiger partial charge in [0.15, 0.2) is 0 Å². The van der Waals surface area contributed by atoms with Gasteiger partial charge in [-0.1, -0.05) is 15.9 Å². The SMILES string of the molecule is NCc1c(Br)ccnc1O. The maximum Gasteiger partial charge on any atom is 0.216 e. The minimum Gasteiger partial charge on any atom is -0.493 e. The van der Waals surface area contributed by atoms with E-state index in [1.54, 1.807) is 6.07 Å². The molecule has 1 aromatic heterocycles. The van der Waals surface area contributed by atoms with Crippen molar-refractivity contribution in [2.75, 3.05) is 0 Å². The Balaban J connectivity index is 3.17. The molecule has 10 heavy (non-hydrogen) atoms. The molecule has 0 unspecified atom stereocenters. The molecular weight excluding hydrogens is 196 g/mol. The fraction of sp³-hybridized carbons (Fsp3) is 0.167. The molecule has 3 N–H and O–H groups in total. The lowest BCUT2D eigenvalue weighted by molar-refractivity contribution is 0.445. The van der Waals surface area contributed by atoms with Crippen LogP contribution < -0.4 is 5.73 Å². The second-order valence-electron chi connectivity index (χ2n) is 1.80. The zero-order valence-electron chi connectivity index (χ0n) is 5.21. The summed E-state index contributed by atoms with van der Waals surface area (Å²) in [5, 5.41) is 9.07. The molecule has 54 valence electrons. The highest BCUT2D eigenvalue weighted by Gasteiger charge is 2.02. The summed E-state index contributed by atoms with van der Waals surface area (Å²) in [6, 6.07) is 1.74.